The van der Waals surface area contributed by atoms with Crippen molar-refractivity contribution in [3.05, 3.63) is 84.5 Å². The number of rotatable bonds is 5. The molecule has 0 bridgehead atoms. The summed E-state index contributed by atoms with van der Waals surface area (Å²) >= 11 is 0. The van der Waals surface area contributed by atoms with Gasteiger partial charge in [0.05, 0.1) is 12.0 Å². The quantitative estimate of drug-likeness (QED) is 0.488. The Morgan fingerprint density at radius 2 is 2.11 bits per heavy atom. The Labute approximate surface area is 163 Å². The summed E-state index contributed by atoms with van der Waals surface area (Å²) in [4.78, 5) is 11.7. The maximum atomic E-state index is 5.43. The normalized spacial score (nSPS) is 14.3. The van der Waals surface area contributed by atoms with E-state index in [1.165, 1.54) is 22.0 Å². The summed E-state index contributed by atoms with van der Waals surface area (Å²) in [5.74, 6) is 1.39. The fourth-order valence-electron chi connectivity index (χ4n) is 4.01. The highest BCUT2D eigenvalue weighted by Gasteiger charge is 2.20. The lowest BCUT2D eigenvalue weighted by atomic mass is 10.1. The summed E-state index contributed by atoms with van der Waals surface area (Å²) in [6.07, 6.45) is 8.74. The van der Waals surface area contributed by atoms with E-state index in [2.05, 4.69) is 51.5 Å². The highest BCUT2D eigenvalue weighted by Crippen LogP contribution is 2.26. The van der Waals surface area contributed by atoms with Crippen LogP contribution in [0.15, 0.2) is 72.1 Å². The molecule has 0 radical (unpaired) electrons. The molecule has 28 heavy (non-hydrogen) atoms. The first-order valence-corrected chi connectivity index (χ1v) is 9.60. The Kier molecular flexibility index (Phi) is 4.29. The van der Waals surface area contributed by atoms with E-state index in [-0.39, 0.29) is 0 Å². The number of allylic oxidation sites excluding steroid dienone is 1. The fraction of sp³-hybridized carbons (Fsp3) is 0.217. The molecule has 1 aliphatic rings. The van der Waals surface area contributed by atoms with E-state index >= 15 is 0 Å². The fourth-order valence-corrected chi connectivity index (χ4v) is 4.01. The molecule has 0 amide bonds. The summed E-state index contributed by atoms with van der Waals surface area (Å²) in [5, 5.41) is 1.32. The first kappa shape index (κ1) is 17.0. The van der Waals surface area contributed by atoms with Crippen LogP contribution >= 0.6 is 0 Å². The number of nitrogens with zero attached hydrogens (tertiary/aromatic N) is 4. The van der Waals surface area contributed by atoms with Crippen LogP contribution in [0.25, 0.3) is 22.5 Å². The topological polar surface area (TPSA) is 47.1 Å². The number of hydrogen-bond donors (Lipinski definition) is 0. The lowest BCUT2D eigenvalue weighted by Gasteiger charge is -2.27. The number of furan rings is 1. The Hall–Kier alpha value is -3.18. The van der Waals surface area contributed by atoms with Crippen LogP contribution in [-0.2, 0) is 26.1 Å². The van der Waals surface area contributed by atoms with E-state index < -0.39 is 0 Å². The van der Waals surface area contributed by atoms with E-state index in [9.17, 15) is 0 Å². The van der Waals surface area contributed by atoms with Gasteiger partial charge in [0.2, 0.25) is 0 Å². The van der Waals surface area contributed by atoms with Gasteiger partial charge in [-0.1, -0.05) is 24.3 Å². The van der Waals surface area contributed by atoms with Crippen LogP contribution in [0.4, 0.5) is 0 Å². The van der Waals surface area contributed by atoms with Gasteiger partial charge in [0.1, 0.15) is 0 Å². The number of fused-ring (bicyclic) bond motifs is 2. The predicted molar refractivity (Wildman–Crippen MR) is 110 cm³/mol. The molecule has 0 saturated heterocycles. The minimum Gasteiger partial charge on any atom is -0.461 e. The van der Waals surface area contributed by atoms with Crippen LogP contribution in [0.1, 0.15) is 16.8 Å². The van der Waals surface area contributed by atoms with Gasteiger partial charge in [0, 0.05) is 61.5 Å². The van der Waals surface area contributed by atoms with Gasteiger partial charge in [-0.05, 0) is 23.8 Å². The first-order chi connectivity index (χ1) is 13.8. The highest BCUT2D eigenvalue weighted by molar-refractivity contribution is 5.84. The number of aromatic nitrogens is 3. The van der Waals surface area contributed by atoms with Crippen LogP contribution in [0.5, 0.6) is 0 Å². The molecule has 4 heterocycles. The predicted octanol–water partition coefficient (Wildman–Crippen LogP) is 4.44. The molecule has 3 aromatic heterocycles. The van der Waals surface area contributed by atoms with Crippen LogP contribution in [0, 0.1) is 0 Å². The SMILES string of the molecule is C=CCn1cc(CN2CCc3nc(-c4ccco4)ncc3C2)c2ccccc21. The molecule has 0 spiro atoms. The monoisotopic (exact) mass is 370 g/mol. The van der Waals surface area contributed by atoms with Gasteiger partial charge in [-0.15, -0.1) is 6.58 Å². The van der Waals surface area contributed by atoms with Gasteiger partial charge in [0.15, 0.2) is 11.6 Å². The molecule has 0 saturated carbocycles. The molecule has 5 rings (SSSR count). The zero-order valence-corrected chi connectivity index (χ0v) is 15.7. The molecule has 1 aromatic carbocycles. The maximum Gasteiger partial charge on any atom is 0.195 e. The van der Waals surface area contributed by atoms with Gasteiger partial charge >= 0.3 is 0 Å². The van der Waals surface area contributed by atoms with Gasteiger partial charge < -0.3 is 8.98 Å². The lowest BCUT2D eigenvalue weighted by Crippen LogP contribution is -2.30. The van der Waals surface area contributed by atoms with Crippen LogP contribution < -0.4 is 0 Å². The third-order valence-electron chi connectivity index (χ3n) is 5.35. The number of hydrogen-bond acceptors (Lipinski definition) is 4. The van der Waals surface area contributed by atoms with Crippen LogP contribution in [-0.4, -0.2) is 26.0 Å². The van der Waals surface area contributed by atoms with Crippen molar-refractivity contribution >= 4 is 10.9 Å². The smallest absolute Gasteiger partial charge is 0.195 e. The summed E-state index contributed by atoms with van der Waals surface area (Å²) in [6, 6.07) is 12.4. The summed E-state index contributed by atoms with van der Waals surface area (Å²) in [5.41, 5.74) is 4.96. The Morgan fingerprint density at radius 3 is 2.96 bits per heavy atom. The van der Waals surface area contributed by atoms with E-state index in [4.69, 9.17) is 9.40 Å². The van der Waals surface area contributed by atoms with Crippen molar-refractivity contribution in [2.75, 3.05) is 6.54 Å². The van der Waals surface area contributed by atoms with Gasteiger partial charge in [-0.2, -0.15) is 0 Å². The Morgan fingerprint density at radius 1 is 1.18 bits per heavy atom. The van der Waals surface area contributed by atoms with Crippen LogP contribution in [0.2, 0.25) is 0 Å². The van der Waals surface area contributed by atoms with Crippen molar-refractivity contribution in [3.8, 4) is 11.6 Å². The second-order valence-electron chi connectivity index (χ2n) is 7.22. The largest absolute Gasteiger partial charge is 0.461 e. The molecule has 0 unspecified atom stereocenters. The molecule has 0 atom stereocenters. The van der Waals surface area contributed by atoms with Crippen molar-refractivity contribution in [1.29, 1.82) is 0 Å². The van der Waals surface area contributed by atoms with E-state index in [0.29, 0.717) is 5.82 Å². The Bertz CT molecular complexity index is 1130. The molecule has 140 valence electrons. The minimum absolute atomic E-state index is 0.671. The molecule has 1 aliphatic heterocycles. The molecule has 0 aliphatic carbocycles. The standard InChI is InChI=1S/C23H22N4O/c1-2-10-27-16-18(19-6-3-4-7-21(19)27)15-26-11-9-20-17(14-26)13-24-23(25-20)22-8-5-12-28-22/h2-8,12-13,16H,1,9-11,14-15H2. The second-order valence-corrected chi connectivity index (χ2v) is 7.22. The molecule has 5 heteroatoms. The first-order valence-electron chi connectivity index (χ1n) is 9.60. The average molecular weight is 370 g/mol. The van der Waals surface area contributed by atoms with E-state index in [0.717, 1.165) is 44.1 Å². The molecule has 0 N–H and O–H groups in total. The number of para-hydroxylation sites is 1. The lowest BCUT2D eigenvalue weighted by molar-refractivity contribution is 0.243. The van der Waals surface area contributed by atoms with E-state index in [1.54, 1.807) is 6.26 Å². The van der Waals surface area contributed by atoms with Crippen molar-refractivity contribution < 1.29 is 4.42 Å². The van der Waals surface area contributed by atoms with Crippen molar-refractivity contribution in [3.63, 3.8) is 0 Å². The molecule has 0 fully saturated rings. The summed E-state index contributed by atoms with van der Waals surface area (Å²) in [7, 11) is 0. The Balaban J connectivity index is 1.39. The zero-order valence-electron chi connectivity index (χ0n) is 15.7. The number of benzene rings is 1. The average Bonchev–Trinajstić information content (AvgIpc) is 3.38. The third-order valence-corrected chi connectivity index (χ3v) is 5.35. The molecule has 5 nitrogen and oxygen atoms in total. The van der Waals surface area contributed by atoms with Crippen molar-refractivity contribution in [1.82, 2.24) is 19.4 Å². The third kappa shape index (κ3) is 3.04. The van der Waals surface area contributed by atoms with Crippen molar-refractivity contribution in [2.24, 2.45) is 0 Å². The van der Waals surface area contributed by atoms with Gasteiger partial charge in [-0.3, -0.25) is 4.90 Å². The van der Waals surface area contributed by atoms with E-state index in [1.807, 2.05) is 24.4 Å². The molecular formula is C23H22N4O. The second kappa shape index (κ2) is 7.09. The molecule has 4 aromatic rings. The van der Waals surface area contributed by atoms with Crippen molar-refractivity contribution in [2.45, 2.75) is 26.1 Å². The summed E-state index contributed by atoms with van der Waals surface area (Å²) in [6.45, 7) is 7.49. The molecular weight excluding hydrogens is 348 g/mol. The zero-order chi connectivity index (χ0) is 18.9. The summed E-state index contributed by atoms with van der Waals surface area (Å²) < 4.78 is 7.70. The highest BCUT2D eigenvalue weighted by atomic mass is 16.3. The maximum absolute atomic E-state index is 5.43. The van der Waals surface area contributed by atoms with Gasteiger partial charge in [0.25, 0.3) is 0 Å². The minimum atomic E-state index is 0.671. The van der Waals surface area contributed by atoms with Crippen LogP contribution in [0.3, 0.4) is 0 Å². The van der Waals surface area contributed by atoms with Gasteiger partial charge in [-0.25, -0.2) is 9.97 Å².